The normalized spacial score (nSPS) is 20.9. The third-order valence-electron chi connectivity index (χ3n) is 4.98. The largest absolute Gasteiger partial charge is 0.491 e. The molecule has 1 aromatic carbocycles. The van der Waals surface area contributed by atoms with Gasteiger partial charge >= 0.3 is 6.03 Å². The Kier molecular flexibility index (Phi) is 5.43. The first-order chi connectivity index (χ1) is 12.1. The second-order valence-electron chi connectivity index (χ2n) is 6.84. The molecule has 1 aliphatic heterocycles. The van der Waals surface area contributed by atoms with Crippen LogP contribution >= 0.6 is 0 Å². The van der Waals surface area contributed by atoms with Crippen LogP contribution in [0.15, 0.2) is 18.2 Å². The Labute approximate surface area is 147 Å². The summed E-state index contributed by atoms with van der Waals surface area (Å²) >= 11 is 0. The summed E-state index contributed by atoms with van der Waals surface area (Å²) in [4.78, 5) is 26.1. The highest BCUT2D eigenvalue weighted by Gasteiger charge is 2.28. The summed E-state index contributed by atoms with van der Waals surface area (Å²) in [5.74, 6) is -0.0171. The summed E-state index contributed by atoms with van der Waals surface area (Å²) in [6, 6.07) is 5.09. The van der Waals surface area contributed by atoms with Crippen LogP contribution in [0.2, 0.25) is 0 Å². The average Bonchev–Trinajstić information content (AvgIpc) is 2.80. The fourth-order valence-electron chi connectivity index (χ4n) is 3.44. The second-order valence-corrected chi connectivity index (χ2v) is 6.84. The number of nitrogens with zero attached hydrogens (tertiary/aromatic N) is 1. The van der Waals surface area contributed by atoms with E-state index in [0.717, 1.165) is 18.4 Å². The number of nitrogens with one attached hydrogen (secondary N) is 2. The molecular weight excluding hydrogens is 322 g/mol. The third-order valence-corrected chi connectivity index (χ3v) is 4.98. The van der Waals surface area contributed by atoms with Gasteiger partial charge < -0.3 is 15.0 Å². The molecule has 1 aromatic rings. The van der Waals surface area contributed by atoms with Crippen LogP contribution < -0.4 is 15.5 Å². The summed E-state index contributed by atoms with van der Waals surface area (Å²) in [5.41, 5.74) is 2.77. The van der Waals surface area contributed by atoms with Gasteiger partial charge in [-0.1, -0.05) is 25.3 Å². The first-order valence-corrected chi connectivity index (χ1v) is 8.86. The van der Waals surface area contributed by atoms with Gasteiger partial charge in [-0.25, -0.2) is 10.3 Å². The van der Waals surface area contributed by atoms with E-state index >= 15 is 0 Å². The molecule has 1 heterocycles. The Balaban J connectivity index is 1.73. The highest BCUT2D eigenvalue weighted by atomic mass is 16.5. The fourth-order valence-corrected chi connectivity index (χ4v) is 3.44. The molecule has 3 amide bonds. The monoisotopic (exact) mass is 347 g/mol. The summed E-state index contributed by atoms with van der Waals surface area (Å²) in [7, 11) is 0. The molecule has 3 rings (SSSR count). The highest BCUT2D eigenvalue weighted by Crippen LogP contribution is 2.27. The molecule has 136 valence electrons. The van der Waals surface area contributed by atoms with Crippen LogP contribution in [0.5, 0.6) is 5.75 Å². The minimum absolute atomic E-state index is 0.0620. The van der Waals surface area contributed by atoms with Gasteiger partial charge in [0.15, 0.2) is 0 Å². The molecule has 3 N–H and O–H groups in total. The molecule has 1 atom stereocenters. The molecule has 0 unspecified atom stereocenters. The number of fused-ring (bicyclic) bond motifs is 1. The first kappa shape index (κ1) is 17.5. The number of urea groups is 1. The predicted molar refractivity (Wildman–Crippen MR) is 91.6 cm³/mol. The van der Waals surface area contributed by atoms with E-state index in [0.29, 0.717) is 24.5 Å². The van der Waals surface area contributed by atoms with Gasteiger partial charge in [-0.05, 0) is 31.9 Å². The van der Waals surface area contributed by atoms with Crippen molar-refractivity contribution >= 4 is 11.9 Å². The lowest BCUT2D eigenvalue weighted by Gasteiger charge is -2.30. The highest BCUT2D eigenvalue weighted by molar-refractivity contribution is 5.93. The van der Waals surface area contributed by atoms with Crippen LogP contribution in [0, 0.1) is 0 Å². The average molecular weight is 347 g/mol. The SMILES string of the molecule is C[C@H]1COc2cc(C(=O)NO)ccc2CN1C(=O)NC1CCCCC1. The Bertz CT molecular complexity index is 643. The Hall–Kier alpha value is -2.28. The lowest BCUT2D eigenvalue weighted by atomic mass is 9.96. The lowest BCUT2D eigenvalue weighted by molar-refractivity contribution is 0.0706. The van der Waals surface area contributed by atoms with Crippen LogP contribution in [0.3, 0.4) is 0 Å². The van der Waals surface area contributed by atoms with E-state index < -0.39 is 5.91 Å². The van der Waals surface area contributed by atoms with Gasteiger partial charge in [-0.2, -0.15) is 0 Å². The third kappa shape index (κ3) is 4.04. The van der Waals surface area contributed by atoms with Gasteiger partial charge in [0, 0.05) is 17.2 Å². The minimum Gasteiger partial charge on any atom is -0.491 e. The molecule has 0 bridgehead atoms. The number of rotatable bonds is 2. The van der Waals surface area contributed by atoms with Crippen LogP contribution in [0.4, 0.5) is 4.79 Å². The van der Waals surface area contributed by atoms with Gasteiger partial charge in [0.25, 0.3) is 5.91 Å². The molecule has 25 heavy (non-hydrogen) atoms. The summed E-state index contributed by atoms with van der Waals surface area (Å²) in [6.45, 7) is 2.74. The topological polar surface area (TPSA) is 90.9 Å². The predicted octanol–water partition coefficient (Wildman–Crippen LogP) is 2.43. The van der Waals surface area contributed by atoms with Crippen LogP contribution in [0.1, 0.15) is 54.9 Å². The van der Waals surface area contributed by atoms with Crippen molar-refractivity contribution in [3.8, 4) is 5.75 Å². The Morgan fingerprint density at radius 3 is 2.72 bits per heavy atom. The molecule has 7 heteroatoms. The summed E-state index contributed by atoms with van der Waals surface area (Å²) < 4.78 is 5.78. The summed E-state index contributed by atoms with van der Waals surface area (Å²) in [5, 5.41) is 11.9. The second kappa shape index (κ2) is 7.74. The molecule has 0 spiro atoms. The molecule has 7 nitrogen and oxygen atoms in total. The Morgan fingerprint density at radius 2 is 2.00 bits per heavy atom. The van der Waals surface area contributed by atoms with Crippen molar-refractivity contribution in [3.05, 3.63) is 29.3 Å². The molecule has 0 aromatic heterocycles. The van der Waals surface area contributed by atoms with E-state index in [1.165, 1.54) is 19.3 Å². The molecule has 0 radical (unpaired) electrons. The van der Waals surface area contributed by atoms with E-state index in [4.69, 9.17) is 9.94 Å². The first-order valence-electron chi connectivity index (χ1n) is 8.86. The maximum absolute atomic E-state index is 12.7. The van der Waals surface area contributed by atoms with Crippen molar-refractivity contribution in [3.63, 3.8) is 0 Å². The van der Waals surface area contributed by atoms with E-state index in [1.807, 2.05) is 6.92 Å². The number of hydrogen-bond donors (Lipinski definition) is 3. The number of benzene rings is 1. The zero-order chi connectivity index (χ0) is 17.8. The van der Waals surface area contributed by atoms with Crippen molar-refractivity contribution in [2.75, 3.05) is 6.61 Å². The standard InChI is InChI=1S/C18H25N3O4/c1-12-11-25-16-9-13(17(22)20-24)7-8-14(16)10-21(12)18(23)19-15-5-3-2-4-6-15/h7-9,12,15,24H,2-6,10-11H2,1H3,(H,19,23)(H,20,22)/t12-/m0/s1. The number of carbonyl (C=O) groups is 2. The van der Waals surface area contributed by atoms with Crippen molar-refractivity contribution in [1.29, 1.82) is 0 Å². The van der Waals surface area contributed by atoms with Gasteiger partial charge in [0.2, 0.25) is 0 Å². The molecule has 0 saturated heterocycles. The van der Waals surface area contributed by atoms with Crippen molar-refractivity contribution in [2.45, 2.75) is 57.7 Å². The number of hydroxylamine groups is 1. The van der Waals surface area contributed by atoms with Crippen LogP contribution in [-0.4, -0.2) is 40.7 Å². The quantitative estimate of drug-likeness (QED) is 0.566. The number of ether oxygens (including phenoxy) is 1. The van der Waals surface area contributed by atoms with Crippen molar-refractivity contribution in [1.82, 2.24) is 15.7 Å². The van der Waals surface area contributed by atoms with Crippen molar-refractivity contribution < 1.29 is 19.5 Å². The summed E-state index contributed by atoms with van der Waals surface area (Å²) in [6.07, 6.45) is 5.67. The number of hydrogen-bond acceptors (Lipinski definition) is 4. The number of carbonyl (C=O) groups excluding carboxylic acids is 2. The molecule has 2 aliphatic rings. The maximum Gasteiger partial charge on any atom is 0.318 e. The zero-order valence-electron chi connectivity index (χ0n) is 14.5. The molecule has 1 fully saturated rings. The van der Waals surface area contributed by atoms with Gasteiger partial charge in [0.1, 0.15) is 12.4 Å². The van der Waals surface area contributed by atoms with E-state index in [9.17, 15) is 9.59 Å². The maximum atomic E-state index is 12.7. The van der Waals surface area contributed by atoms with E-state index in [-0.39, 0.29) is 18.1 Å². The Morgan fingerprint density at radius 1 is 1.24 bits per heavy atom. The molecule has 1 aliphatic carbocycles. The van der Waals surface area contributed by atoms with Crippen molar-refractivity contribution in [2.24, 2.45) is 0 Å². The fraction of sp³-hybridized carbons (Fsp3) is 0.556. The minimum atomic E-state index is -0.587. The van der Waals surface area contributed by atoms with E-state index in [2.05, 4.69) is 5.32 Å². The van der Waals surface area contributed by atoms with Gasteiger partial charge in [0.05, 0.1) is 12.6 Å². The molecular formula is C18H25N3O4. The van der Waals surface area contributed by atoms with Crippen LogP contribution in [-0.2, 0) is 6.54 Å². The zero-order valence-corrected chi connectivity index (χ0v) is 14.5. The lowest BCUT2D eigenvalue weighted by Crippen LogP contribution is -2.49. The van der Waals surface area contributed by atoms with Crippen LogP contribution in [0.25, 0.3) is 0 Å². The smallest absolute Gasteiger partial charge is 0.318 e. The van der Waals surface area contributed by atoms with Gasteiger partial charge in [-0.15, -0.1) is 0 Å². The molecule has 1 saturated carbocycles. The number of amides is 3. The van der Waals surface area contributed by atoms with E-state index in [1.54, 1.807) is 28.6 Å². The van der Waals surface area contributed by atoms with Gasteiger partial charge in [-0.3, -0.25) is 10.0 Å².